The van der Waals surface area contributed by atoms with E-state index in [2.05, 4.69) is 10.2 Å². The molecule has 118 valence electrons. The van der Waals surface area contributed by atoms with Gasteiger partial charge in [0, 0.05) is 31.4 Å². The van der Waals surface area contributed by atoms with Crippen molar-refractivity contribution in [2.45, 2.75) is 32.2 Å². The highest BCUT2D eigenvalue weighted by atomic mass is 16.2. The Morgan fingerprint density at radius 3 is 3.00 bits per heavy atom. The maximum Gasteiger partial charge on any atom is 0.321 e. The number of likely N-dealkylation sites (tertiary alicyclic amines) is 1. The topological polar surface area (TPSA) is 35.6 Å². The van der Waals surface area contributed by atoms with Gasteiger partial charge in [-0.3, -0.25) is 4.90 Å². The third-order valence-electron chi connectivity index (χ3n) is 5.68. The zero-order chi connectivity index (χ0) is 15.1. The van der Waals surface area contributed by atoms with Gasteiger partial charge in [0.05, 0.1) is 0 Å². The minimum Gasteiger partial charge on any atom is -0.324 e. The van der Waals surface area contributed by atoms with E-state index in [9.17, 15) is 4.79 Å². The lowest BCUT2D eigenvalue weighted by atomic mass is 9.90. The Labute approximate surface area is 132 Å². The lowest BCUT2D eigenvalue weighted by Gasteiger charge is -2.33. The van der Waals surface area contributed by atoms with Crippen molar-refractivity contribution in [3.8, 4) is 0 Å². The maximum absolute atomic E-state index is 12.5. The fourth-order valence-electron chi connectivity index (χ4n) is 4.65. The van der Waals surface area contributed by atoms with Crippen molar-refractivity contribution < 1.29 is 4.79 Å². The molecule has 1 aromatic rings. The van der Waals surface area contributed by atoms with Gasteiger partial charge in [-0.15, -0.1) is 0 Å². The van der Waals surface area contributed by atoms with E-state index in [1.54, 1.807) is 0 Å². The van der Waals surface area contributed by atoms with Gasteiger partial charge < -0.3 is 10.2 Å². The molecule has 4 rings (SSSR count). The van der Waals surface area contributed by atoms with Crippen molar-refractivity contribution in [2.75, 3.05) is 31.5 Å². The molecule has 3 heterocycles. The number of aryl methyl sites for hydroxylation is 1. The van der Waals surface area contributed by atoms with E-state index in [-0.39, 0.29) is 6.03 Å². The monoisotopic (exact) mass is 299 g/mol. The molecular weight excluding hydrogens is 274 g/mol. The van der Waals surface area contributed by atoms with Crippen LogP contribution in [-0.2, 0) is 0 Å². The molecule has 2 amide bonds. The van der Waals surface area contributed by atoms with Gasteiger partial charge in [-0.05, 0) is 55.8 Å². The highest BCUT2D eigenvalue weighted by molar-refractivity contribution is 5.89. The van der Waals surface area contributed by atoms with Crippen LogP contribution in [0.4, 0.5) is 10.5 Å². The molecule has 3 aliphatic heterocycles. The zero-order valence-electron chi connectivity index (χ0n) is 13.3. The van der Waals surface area contributed by atoms with Gasteiger partial charge >= 0.3 is 6.03 Å². The van der Waals surface area contributed by atoms with Crippen molar-refractivity contribution in [1.82, 2.24) is 9.80 Å². The summed E-state index contributed by atoms with van der Waals surface area (Å²) in [6.07, 6.45) is 4.04. The van der Waals surface area contributed by atoms with Crippen LogP contribution in [0.5, 0.6) is 0 Å². The van der Waals surface area contributed by atoms with Crippen LogP contribution in [0.15, 0.2) is 24.3 Å². The Balaban J connectivity index is 1.40. The number of nitrogens with zero attached hydrogens (tertiary/aromatic N) is 2. The molecule has 3 aliphatic rings. The first-order chi connectivity index (χ1) is 10.7. The van der Waals surface area contributed by atoms with E-state index >= 15 is 0 Å². The summed E-state index contributed by atoms with van der Waals surface area (Å²) >= 11 is 0. The molecule has 0 aromatic heterocycles. The fraction of sp³-hybridized carbons (Fsp3) is 0.611. The predicted molar refractivity (Wildman–Crippen MR) is 88.0 cm³/mol. The van der Waals surface area contributed by atoms with E-state index in [1.807, 2.05) is 36.1 Å². The summed E-state index contributed by atoms with van der Waals surface area (Å²) in [5.74, 6) is 1.38. The van der Waals surface area contributed by atoms with Gasteiger partial charge in [-0.25, -0.2) is 4.79 Å². The number of benzene rings is 1. The Morgan fingerprint density at radius 2 is 2.14 bits per heavy atom. The molecule has 0 spiro atoms. The number of hydrogen-bond donors (Lipinski definition) is 1. The smallest absolute Gasteiger partial charge is 0.321 e. The minimum atomic E-state index is 0.0716. The van der Waals surface area contributed by atoms with Crippen LogP contribution in [0.3, 0.4) is 0 Å². The lowest BCUT2D eigenvalue weighted by molar-refractivity contribution is 0.157. The van der Waals surface area contributed by atoms with Crippen LogP contribution in [0.2, 0.25) is 0 Å². The van der Waals surface area contributed by atoms with Gasteiger partial charge in [0.1, 0.15) is 0 Å². The van der Waals surface area contributed by atoms with E-state index in [4.69, 9.17) is 0 Å². The number of hydrogen-bond acceptors (Lipinski definition) is 2. The molecule has 4 heteroatoms. The molecule has 3 atom stereocenters. The van der Waals surface area contributed by atoms with Crippen molar-refractivity contribution in [2.24, 2.45) is 11.8 Å². The molecule has 0 unspecified atom stereocenters. The standard InChI is InChI=1S/C18H25N3O/c1-13-5-4-6-15(9-13)19-18(22)21-11-14-10-20-8-3-2-7-17(20)16(14)12-21/h4-6,9,14,16-17H,2-3,7-8,10-12H2,1H3,(H,19,22)/t14-,16+,17-/m0/s1. The second kappa shape index (κ2) is 5.58. The van der Waals surface area contributed by atoms with Crippen LogP contribution in [-0.4, -0.2) is 48.1 Å². The summed E-state index contributed by atoms with van der Waals surface area (Å²) in [4.78, 5) is 17.2. The molecule has 22 heavy (non-hydrogen) atoms. The Morgan fingerprint density at radius 1 is 1.23 bits per heavy atom. The van der Waals surface area contributed by atoms with Crippen LogP contribution in [0.1, 0.15) is 24.8 Å². The number of anilines is 1. The number of rotatable bonds is 1. The quantitative estimate of drug-likeness (QED) is 0.865. The number of carbonyl (C=O) groups is 1. The first-order valence-corrected chi connectivity index (χ1v) is 8.57. The maximum atomic E-state index is 12.5. The normalized spacial score (nSPS) is 31.0. The summed E-state index contributed by atoms with van der Waals surface area (Å²) in [6.45, 7) is 6.38. The molecule has 0 bridgehead atoms. The molecule has 0 saturated carbocycles. The summed E-state index contributed by atoms with van der Waals surface area (Å²) < 4.78 is 0. The third kappa shape index (κ3) is 2.50. The second-order valence-corrected chi connectivity index (χ2v) is 7.19. The van der Waals surface area contributed by atoms with E-state index in [0.29, 0.717) is 11.8 Å². The third-order valence-corrected chi connectivity index (χ3v) is 5.68. The number of urea groups is 1. The fourth-order valence-corrected chi connectivity index (χ4v) is 4.65. The van der Waals surface area contributed by atoms with Gasteiger partial charge in [0.25, 0.3) is 0 Å². The highest BCUT2D eigenvalue weighted by Crippen LogP contribution is 2.40. The van der Waals surface area contributed by atoms with Crippen LogP contribution in [0, 0.1) is 18.8 Å². The number of carbonyl (C=O) groups excluding carboxylic acids is 1. The number of amides is 2. The minimum absolute atomic E-state index is 0.0716. The zero-order valence-corrected chi connectivity index (χ0v) is 13.3. The summed E-state index contributed by atoms with van der Waals surface area (Å²) in [5, 5.41) is 3.06. The van der Waals surface area contributed by atoms with E-state index in [1.165, 1.54) is 37.9 Å². The van der Waals surface area contributed by atoms with Crippen molar-refractivity contribution >= 4 is 11.7 Å². The molecule has 1 N–H and O–H groups in total. The van der Waals surface area contributed by atoms with Crippen LogP contribution >= 0.6 is 0 Å². The SMILES string of the molecule is Cc1cccc(NC(=O)N2C[C@@H]3CN4CCCC[C@H]4[C@@H]3C2)c1. The summed E-state index contributed by atoms with van der Waals surface area (Å²) in [5.41, 5.74) is 2.08. The second-order valence-electron chi connectivity index (χ2n) is 7.19. The average Bonchev–Trinajstić information content (AvgIpc) is 3.05. The number of nitrogens with one attached hydrogen (secondary N) is 1. The summed E-state index contributed by atoms with van der Waals surface area (Å²) in [7, 11) is 0. The van der Waals surface area contributed by atoms with Crippen LogP contribution in [0.25, 0.3) is 0 Å². The van der Waals surface area contributed by atoms with E-state index in [0.717, 1.165) is 24.8 Å². The first kappa shape index (κ1) is 14.1. The molecule has 3 saturated heterocycles. The molecule has 0 aliphatic carbocycles. The largest absolute Gasteiger partial charge is 0.324 e. The lowest BCUT2D eigenvalue weighted by Crippen LogP contribution is -2.41. The molecule has 1 aromatic carbocycles. The Hall–Kier alpha value is -1.55. The number of fused-ring (bicyclic) bond motifs is 3. The summed E-state index contributed by atoms with van der Waals surface area (Å²) in [6, 6.07) is 8.83. The first-order valence-electron chi connectivity index (χ1n) is 8.57. The van der Waals surface area contributed by atoms with Gasteiger partial charge in [-0.1, -0.05) is 18.6 Å². The average molecular weight is 299 g/mol. The number of piperidine rings is 1. The Bertz CT molecular complexity index is 573. The van der Waals surface area contributed by atoms with Crippen molar-refractivity contribution in [3.63, 3.8) is 0 Å². The van der Waals surface area contributed by atoms with Crippen molar-refractivity contribution in [3.05, 3.63) is 29.8 Å². The van der Waals surface area contributed by atoms with Gasteiger partial charge in [0.15, 0.2) is 0 Å². The van der Waals surface area contributed by atoms with Crippen molar-refractivity contribution in [1.29, 1.82) is 0 Å². The molecular formula is C18H25N3O. The molecule has 0 radical (unpaired) electrons. The van der Waals surface area contributed by atoms with Gasteiger partial charge in [0.2, 0.25) is 0 Å². The van der Waals surface area contributed by atoms with E-state index < -0.39 is 0 Å². The van der Waals surface area contributed by atoms with Crippen LogP contribution < -0.4 is 5.32 Å². The molecule has 3 fully saturated rings. The Kier molecular flexibility index (Phi) is 3.57. The predicted octanol–water partition coefficient (Wildman–Crippen LogP) is 2.94. The highest BCUT2D eigenvalue weighted by Gasteiger charge is 2.48. The molecule has 4 nitrogen and oxygen atoms in total. The van der Waals surface area contributed by atoms with Gasteiger partial charge in [-0.2, -0.15) is 0 Å².